The first-order valence-electron chi connectivity index (χ1n) is 11.0. The van der Waals surface area contributed by atoms with E-state index in [1.165, 1.54) is 71.5 Å². The lowest BCUT2D eigenvalue weighted by Crippen LogP contribution is -2.67. The zero-order chi connectivity index (χ0) is 18.3. The van der Waals surface area contributed by atoms with Gasteiger partial charge in [-0.3, -0.25) is 4.90 Å². The normalized spacial score (nSPS) is 28.2. The lowest BCUT2D eigenvalue weighted by molar-refractivity contribution is -0.127. The summed E-state index contributed by atoms with van der Waals surface area (Å²) < 4.78 is 5.47. The summed E-state index contributed by atoms with van der Waals surface area (Å²) in [7, 11) is 2.26. The zero-order valence-electron chi connectivity index (χ0n) is 17.6. The predicted octanol–water partition coefficient (Wildman–Crippen LogP) is 3.18. The van der Waals surface area contributed by atoms with Crippen LogP contribution in [0.4, 0.5) is 0 Å². The highest BCUT2D eigenvalue weighted by Crippen LogP contribution is 2.50. The molecule has 0 aromatic heterocycles. The maximum absolute atomic E-state index is 5.47. The molecule has 4 nitrogen and oxygen atoms in total. The second-order valence-electron chi connectivity index (χ2n) is 8.13. The van der Waals surface area contributed by atoms with Crippen LogP contribution < -0.4 is 0 Å². The first-order chi connectivity index (χ1) is 12.2. The molecule has 0 aromatic carbocycles. The van der Waals surface area contributed by atoms with Crippen LogP contribution >= 0.6 is 0 Å². The topological polar surface area (TPSA) is 19.0 Å². The largest absolute Gasteiger partial charge is 0.379 e. The Balaban J connectivity index is 0.000000528. The highest BCUT2D eigenvalue weighted by atomic mass is 16.5. The fraction of sp³-hybridized carbons (Fsp3) is 1.00. The van der Waals surface area contributed by atoms with Gasteiger partial charge in [0.25, 0.3) is 0 Å². The summed E-state index contributed by atoms with van der Waals surface area (Å²) in [5, 5.41) is 0. The van der Waals surface area contributed by atoms with Crippen molar-refractivity contribution in [2.24, 2.45) is 11.3 Å². The summed E-state index contributed by atoms with van der Waals surface area (Å²) >= 11 is 0. The van der Waals surface area contributed by atoms with E-state index in [4.69, 9.17) is 4.74 Å². The van der Waals surface area contributed by atoms with Gasteiger partial charge >= 0.3 is 0 Å². The van der Waals surface area contributed by atoms with E-state index in [0.717, 1.165) is 25.2 Å². The molecular weight excluding hydrogens is 310 g/mol. The minimum atomic E-state index is 0.717. The second-order valence-corrected chi connectivity index (χ2v) is 8.13. The Hall–Kier alpha value is -0.160. The summed E-state index contributed by atoms with van der Waals surface area (Å²) in [6, 6.07) is 0.874. The van der Waals surface area contributed by atoms with E-state index < -0.39 is 0 Å². The highest BCUT2D eigenvalue weighted by Gasteiger charge is 2.53. The van der Waals surface area contributed by atoms with Crippen molar-refractivity contribution in [2.45, 2.75) is 59.4 Å². The van der Waals surface area contributed by atoms with Gasteiger partial charge in [0.15, 0.2) is 0 Å². The van der Waals surface area contributed by atoms with Crippen LogP contribution in [-0.2, 0) is 4.74 Å². The molecule has 0 aromatic rings. The number of rotatable bonds is 3. The van der Waals surface area contributed by atoms with Crippen molar-refractivity contribution in [3.8, 4) is 0 Å². The number of morpholine rings is 1. The van der Waals surface area contributed by atoms with Crippen LogP contribution in [-0.4, -0.2) is 86.8 Å². The number of hydrogen-bond donors (Lipinski definition) is 0. The molecule has 0 bridgehead atoms. The van der Waals surface area contributed by atoms with Crippen molar-refractivity contribution >= 4 is 0 Å². The van der Waals surface area contributed by atoms with E-state index in [1.54, 1.807) is 0 Å². The van der Waals surface area contributed by atoms with Gasteiger partial charge in [-0.05, 0) is 57.2 Å². The molecule has 1 saturated carbocycles. The average molecular weight is 354 g/mol. The van der Waals surface area contributed by atoms with Crippen molar-refractivity contribution < 1.29 is 4.74 Å². The third-order valence-electron chi connectivity index (χ3n) is 6.37. The van der Waals surface area contributed by atoms with Crippen LogP contribution in [0.25, 0.3) is 0 Å². The summed E-state index contributed by atoms with van der Waals surface area (Å²) in [6.07, 6.45) is 5.74. The quantitative estimate of drug-likeness (QED) is 0.776. The molecule has 4 fully saturated rings. The fourth-order valence-electron chi connectivity index (χ4n) is 5.04. The van der Waals surface area contributed by atoms with Crippen LogP contribution in [0.15, 0.2) is 0 Å². The molecule has 0 N–H and O–H groups in total. The summed E-state index contributed by atoms with van der Waals surface area (Å²) in [6.45, 7) is 19.0. The minimum Gasteiger partial charge on any atom is -0.379 e. The van der Waals surface area contributed by atoms with Crippen LogP contribution in [0.3, 0.4) is 0 Å². The number of likely N-dealkylation sites (tertiary alicyclic amines) is 2. The van der Waals surface area contributed by atoms with Gasteiger partial charge in [0.05, 0.1) is 13.2 Å². The maximum Gasteiger partial charge on any atom is 0.0594 e. The van der Waals surface area contributed by atoms with Gasteiger partial charge in [-0.2, -0.15) is 0 Å². The van der Waals surface area contributed by atoms with Crippen molar-refractivity contribution in [1.82, 2.24) is 14.7 Å². The van der Waals surface area contributed by atoms with Crippen LogP contribution in [0.5, 0.6) is 0 Å². The standard InChI is InChI=1S/C17H31N3O.2C2H6/c1-18-4-2-15(3-5-18)12-19-13-17(14-19)10-16(11-17)20-6-8-21-9-7-20;2*1-2/h15-16H,2-14H2,1H3;2*1-2H3. The Kier molecular flexibility index (Phi) is 8.67. The van der Waals surface area contributed by atoms with Gasteiger partial charge in [-0.25, -0.2) is 0 Å². The molecule has 3 aliphatic heterocycles. The van der Waals surface area contributed by atoms with Gasteiger partial charge in [-0.1, -0.05) is 27.7 Å². The first kappa shape index (κ1) is 21.1. The third kappa shape index (κ3) is 5.41. The molecule has 1 spiro atoms. The van der Waals surface area contributed by atoms with Crippen molar-refractivity contribution in [3.05, 3.63) is 0 Å². The van der Waals surface area contributed by atoms with E-state index in [2.05, 4.69) is 21.7 Å². The SMILES string of the molecule is CC.CC.CN1CCC(CN2CC3(CC(N4CCOCC4)C3)C2)CC1. The Bertz CT molecular complexity index is 348. The van der Waals surface area contributed by atoms with E-state index in [-0.39, 0.29) is 0 Å². The van der Waals surface area contributed by atoms with Gasteiger partial charge in [0.2, 0.25) is 0 Å². The van der Waals surface area contributed by atoms with Gasteiger partial charge in [-0.15, -0.1) is 0 Å². The summed E-state index contributed by atoms with van der Waals surface area (Å²) in [5.41, 5.74) is 0.717. The molecule has 4 rings (SSSR count). The lowest BCUT2D eigenvalue weighted by Gasteiger charge is -2.62. The van der Waals surface area contributed by atoms with Gasteiger partial charge in [0, 0.05) is 38.8 Å². The van der Waals surface area contributed by atoms with Crippen LogP contribution in [0.1, 0.15) is 53.4 Å². The van der Waals surface area contributed by atoms with E-state index in [9.17, 15) is 0 Å². The number of piperidine rings is 1. The van der Waals surface area contributed by atoms with E-state index in [1.807, 2.05) is 27.7 Å². The van der Waals surface area contributed by atoms with E-state index >= 15 is 0 Å². The number of ether oxygens (including phenoxy) is 1. The highest BCUT2D eigenvalue weighted by molar-refractivity contribution is 5.07. The molecule has 1 aliphatic carbocycles. The minimum absolute atomic E-state index is 0.717. The first-order valence-corrected chi connectivity index (χ1v) is 11.0. The van der Waals surface area contributed by atoms with Crippen molar-refractivity contribution in [1.29, 1.82) is 0 Å². The molecule has 148 valence electrons. The van der Waals surface area contributed by atoms with E-state index in [0.29, 0.717) is 5.41 Å². The molecule has 3 heterocycles. The Morgan fingerprint density at radius 1 is 0.880 bits per heavy atom. The summed E-state index contributed by atoms with van der Waals surface area (Å²) in [4.78, 5) is 7.90. The number of nitrogens with zero attached hydrogens (tertiary/aromatic N) is 3. The monoisotopic (exact) mass is 353 g/mol. The van der Waals surface area contributed by atoms with Crippen molar-refractivity contribution in [2.75, 3.05) is 66.1 Å². The van der Waals surface area contributed by atoms with Crippen LogP contribution in [0, 0.1) is 11.3 Å². The Morgan fingerprint density at radius 2 is 1.44 bits per heavy atom. The molecule has 0 unspecified atom stereocenters. The predicted molar refractivity (Wildman–Crippen MR) is 107 cm³/mol. The Labute approximate surface area is 156 Å². The fourth-order valence-corrected chi connectivity index (χ4v) is 5.04. The molecule has 0 atom stereocenters. The summed E-state index contributed by atoms with van der Waals surface area (Å²) in [5.74, 6) is 0.966. The molecule has 25 heavy (non-hydrogen) atoms. The molecule has 4 heteroatoms. The maximum atomic E-state index is 5.47. The molecule has 0 amide bonds. The molecule has 4 aliphatic rings. The number of hydrogen-bond acceptors (Lipinski definition) is 4. The van der Waals surface area contributed by atoms with Crippen molar-refractivity contribution in [3.63, 3.8) is 0 Å². The lowest BCUT2D eigenvalue weighted by atomic mass is 9.60. The molecule has 3 saturated heterocycles. The molecular formula is C21H43N3O. The second kappa shape index (κ2) is 10.2. The zero-order valence-corrected chi connectivity index (χ0v) is 17.6. The van der Waals surface area contributed by atoms with Gasteiger partial charge < -0.3 is 14.5 Å². The molecule has 0 radical (unpaired) electrons. The smallest absolute Gasteiger partial charge is 0.0594 e. The average Bonchev–Trinajstić information content (AvgIpc) is 2.62. The Morgan fingerprint density at radius 3 is 2.00 bits per heavy atom. The van der Waals surface area contributed by atoms with Gasteiger partial charge in [0.1, 0.15) is 0 Å². The van der Waals surface area contributed by atoms with Crippen LogP contribution in [0.2, 0.25) is 0 Å². The third-order valence-corrected chi connectivity index (χ3v) is 6.37.